The predicted molar refractivity (Wildman–Crippen MR) is 149 cm³/mol. The normalized spacial score (nSPS) is 10.7. The Labute approximate surface area is 230 Å². The zero-order valence-corrected chi connectivity index (χ0v) is 22.0. The molecule has 0 amide bonds. The first-order valence-electron chi connectivity index (χ1n) is 13.1. The van der Waals surface area contributed by atoms with E-state index in [1.165, 1.54) is 0 Å². The van der Waals surface area contributed by atoms with Gasteiger partial charge in [0.2, 0.25) is 0 Å². The Morgan fingerprint density at radius 2 is 1.20 bits per heavy atom. The summed E-state index contributed by atoms with van der Waals surface area (Å²) in [4.78, 5) is 51.5. The first-order valence-corrected chi connectivity index (χ1v) is 13.1. The topological polar surface area (TPSA) is 132 Å². The highest BCUT2D eigenvalue weighted by molar-refractivity contribution is 5.90. The van der Waals surface area contributed by atoms with Gasteiger partial charge in [0.25, 0.3) is 0 Å². The molecule has 10 nitrogen and oxygen atoms in total. The summed E-state index contributed by atoms with van der Waals surface area (Å²) in [6.07, 6.45) is 2.62. The fraction of sp³-hybridized carbons (Fsp3) is 0.267. The average molecular weight is 546 g/mol. The van der Waals surface area contributed by atoms with E-state index in [4.69, 9.17) is 14.2 Å². The van der Waals surface area contributed by atoms with Crippen molar-refractivity contribution in [2.45, 2.75) is 45.4 Å². The van der Waals surface area contributed by atoms with Crippen molar-refractivity contribution in [3.8, 4) is 11.5 Å². The molecule has 1 aromatic heterocycles. The van der Waals surface area contributed by atoms with E-state index in [0.717, 1.165) is 22.1 Å². The molecule has 0 aliphatic carbocycles. The van der Waals surface area contributed by atoms with Crippen molar-refractivity contribution < 1.29 is 19.0 Å². The summed E-state index contributed by atoms with van der Waals surface area (Å²) in [5.41, 5.74) is 0.0330. The number of aromatic nitrogens is 3. The van der Waals surface area contributed by atoms with Crippen LogP contribution in [0.25, 0.3) is 0 Å². The Balaban J connectivity index is 1.29. The highest BCUT2D eigenvalue weighted by atomic mass is 16.5. The minimum Gasteiger partial charge on any atom is -0.489 e. The molecule has 0 unspecified atom stereocenters. The highest BCUT2D eigenvalue weighted by Gasteiger charge is 2.13. The Hall–Kier alpha value is -4.86. The quantitative estimate of drug-likeness (QED) is 0.182. The van der Waals surface area contributed by atoms with Crippen molar-refractivity contribution in [3.63, 3.8) is 0 Å². The van der Waals surface area contributed by atoms with Crippen molar-refractivity contribution in [1.82, 2.24) is 14.5 Å². The smallest absolute Gasteiger partial charge is 0.338 e. The van der Waals surface area contributed by atoms with Gasteiger partial charge in [-0.3, -0.25) is 9.97 Å². The number of hydrogen-bond donors (Lipinski definition) is 2. The van der Waals surface area contributed by atoms with Crippen LogP contribution in [0.4, 0.5) is 0 Å². The Bertz CT molecular complexity index is 1460. The zero-order valence-electron chi connectivity index (χ0n) is 22.0. The lowest BCUT2D eigenvalue weighted by atomic mass is 10.2. The second-order valence-electron chi connectivity index (χ2n) is 9.13. The monoisotopic (exact) mass is 545 g/mol. The van der Waals surface area contributed by atoms with Crippen LogP contribution in [-0.2, 0) is 24.5 Å². The summed E-state index contributed by atoms with van der Waals surface area (Å²) in [7, 11) is 0. The van der Waals surface area contributed by atoms with Gasteiger partial charge < -0.3 is 14.2 Å². The molecule has 3 aromatic carbocycles. The van der Waals surface area contributed by atoms with Gasteiger partial charge in [0.15, 0.2) is 0 Å². The third kappa shape index (κ3) is 8.59. The van der Waals surface area contributed by atoms with Crippen LogP contribution in [-0.4, -0.2) is 27.1 Å². The number of carbonyl (C=O) groups is 1. The predicted octanol–water partition coefficient (Wildman–Crippen LogP) is 3.80. The minimum atomic E-state index is -0.823. The van der Waals surface area contributed by atoms with Gasteiger partial charge in [-0.15, -0.1) is 0 Å². The number of nitrogens with zero attached hydrogens (tertiary/aromatic N) is 1. The number of nitrogens with one attached hydrogen (secondary N) is 2. The first kappa shape index (κ1) is 28.2. The van der Waals surface area contributed by atoms with Crippen LogP contribution in [0.2, 0.25) is 0 Å². The molecular formula is C30H31N3O7. The van der Waals surface area contributed by atoms with E-state index in [1.54, 1.807) is 18.2 Å². The van der Waals surface area contributed by atoms with Gasteiger partial charge in [-0.1, -0.05) is 67.1 Å². The fourth-order valence-corrected chi connectivity index (χ4v) is 3.97. The Kier molecular flexibility index (Phi) is 10.1. The SMILES string of the molecule is O=C(OCCCCCCn1c(=O)[nH]c(=O)[nH]c1=O)c1cc(OCc2ccccc2)cc(OCc2ccccc2)c1. The number of aromatic amines is 2. The van der Waals surface area contributed by atoms with Gasteiger partial charge in [0.05, 0.1) is 12.2 Å². The molecule has 0 atom stereocenters. The van der Waals surface area contributed by atoms with Crippen LogP contribution in [0.5, 0.6) is 11.5 Å². The number of H-pyrrole nitrogens is 2. The van der Waals surface area contributed by atoms with Crippen LogP contribution in [0.3, 0.4) is 0 Å². The van der Waals surface area contributed by atoms with Gasteiger partial charge in [-0.2, -0.15) is 0 Å². The molecule has 0 fully saturated rings. The van der Waals surface area contributed by atoms with Crippen LogP contribution >= 0.6 is 0 Å². The third-order valence-electron chi connectivity index (χ3n) is 6.05. The molecule has 208 valence electrons. The molecule has 0 radical (unpaired) electrons. The minimum absolute atomic E-state index is 0.187. The van der Waals surface area contributed by atoms with Crippen molar-refractivity contribution in [3.05, 3.63) is 127 Å². The summed E-state index contributed by atoms with van der Waals surface area (Å²) in [6.45, 7) is 1.09. The number of ether oxygens (including phenoxy) is 3. The maximum absolute atomic E-state index is 12.8. The molecule has 0 saturated heterocycles. The van der Waals surface area contributed by atoms with Crippen molar-refractivity contribution in [2.24, 2.45) is 0 Å². The largest absolute Gasteiger partial charge is 0.489 e. The van der Waals surface area contributed by atoms with Crippen LogP contribution in [0.15, 0.2) is 93.2 Å². The van der Waals surface area contributed by atoms with Crippen LogP contribution in [0, 0.1) is 0 Å². The second-order valence-corrected chi connectivity index (χ2v) is 9.13. The summed E-state index contributed by atoms with van der Waals surface area (Å²) < 4.78 is 18.3. The highest BCUT2D eigenvalue weighted by Crippen LogP contribution is 2.25. The zero-order chi connectivity index (χ0) is 28.2. The van der Waals surface area contributed by atoms with E-state index in [0.29, 0.717) is 49.5 Å². The molecule has 0 aliphatic heterocycles. The van der Waals surface area contributed by atoms with Gasteiger partial charge in [-0.05, 0) is 42.5 Å². The first-order chi connectivity index (χ1) is 19.5. The molecule has 0 saturated carbocycles. The van der Waals surface area contributed by atoms with E-state index < -0.39 is 23.0 Å². The van der Waals surface area contributed by atoms with Gasteiger partial charge in [0, 0.05) is 12.6 Å². The molecule has 4 rings (SSSR count). The summed E-state index contributed by atoms with van der Waals surface area (Å²) >= 11 is 0. The lowest BCUT2D eigenvalue weighted by Gasteiger charge is -2.13. The molecule has 10 heteroatoms. The van der Waals surface area contributed by atoms with E-state index in [-0.39, 0.29) is 13.2 Å². The summed E-state index contributed by atoms with van der Waals surface area (Å²) in [5, 5.41) is 0. The molecule has 0 bridgehead atoms. The lowest BCUT2D eigenvalue weighted by Crippen LogP contribution is -2.43. The van der Waals surface area contributed by atoms with Crippen molar-refractivity contribution in [1.29, 1.82) is 0 Å². The second kappa shape index (κ2) is 14.3. The lowest BCUT2D eigenvalue weighted by molar-refractivity contribution is 0.0496. The maximum Gasteiger partial charge on any atom is 0.338 e. The van der Waals surface area contributed by atoms with E-state index >= 15 is 0 Å². The Morgan fingerprint density at radius 1 is 0.675 bits per heavy atom. The fourth-order valence-electron chi connectivity index (χ4n) is 3.97. The molecular weight excluding hydrogens is 514 g/mol. The average Bonchev–Trinajstić information content (AvgIpc) is 2.96. The number of esters is 1. The molecule has 2 N–H and O–H groups in total. The molecule has 0 spiro atoms. The number of rotatable bonds is 14. The van der Waals surface area contributed by atoms with Gasteiger partial charge in [-0.25, -0.2) is 23.7 Å². The third-order valence-corrected chi connectivity index (χ3v) is 6.05. The van der Waals surface area contributed by atoms with Gasteiger partial charge >= 0.3 is 23.0 Å². The molecule has 4 aromatic rings. The van der Waals surface area contributed by atoms with E-state index in [9.17, 15) is 19.2 Å². The number of unbranched alkanes of at least 4 members (excludes halogenated alkanes) is 3. The standard InChI is InChI=1S/C30H31N3O7/c34-27(38-16-10-2-1-9-15-33-29(36)31-28(35)32-30(33)37)24-17-25(39-20-22-11-5-3-6-12-22)19-26(18-24)40-21-23-13-7-4-8-14-23/h3-8,11-14,17-19H,1-2,9-10,15-16,20-21H2,(H2,31,32,35,36,37). The molecule has 0 aliphatic rings. The number of benzene rings is 3. The van der Waals surface area contributed by atoms with Crippen LogP contribution < -0.4 is 26.5 Å². The maximum atomic E-state index is 12.8. The Morgan fingerprint density at radius 3 is 1.75 bits per heavy atom. The summed E-state index contributed by atoms with van der Waals surface area (Å²) in [5.74, 6) is 0.503. The van der Waals surface area contributed by atoms with E-state index in [2.05, 4.69) is 0 Å². The van der Waals surface area contributed by atoms with Crippen LogP contribution in [0.1, 0.15) is 47.2 Å². The van der Waals surface area contributed by atoms with Gasteiger partial charge in [0.1, 0.15) is 24.7 Å². The van der Waals surface area contributed by atoms with Crippen molar-refractivity contribution >= 4 is 5.97 Å². The van der Waals surface area contributed by atoms with E-state index in [1.807, 2.05) is 70.6 Å². The number of carbonyl (C=O) groups excluding carboxylic acids is 1. The molecule has 1 heterocycles. The molecule has 40 heavy (non-hydrogen) atoms. The van der Waals surface area contributed by atoms with Crippen molar-refractivity contribution in [2.75, 3.05) is 6.61 Å². The number of hydrogen-bond acceptors (Lipinski definition) is 7. The summed E-state index contributed by atoms with van der Waals surface area (Å²) in [6, 6.07) is 24.5.